The van der Waals surface area contributed by atoms with Crippen molar-refractivity contribution in [3.8, 4) is 0 Å². The normalized spacial score (nSPS) is 12.1. The van der Waals surface area contributed by atoms with Crippen molar-refractivity contribution in [3.05, 3.63) is 0 Å². The van der Waals surface area contributed by atoms with Gasteiger partial charge in [0.05, 0.1) is 73.2 Å². The third kappa shape index (κ3) is 33.6. The fraction of sp³-hybridized carbons (Fsp3) is 0.848. The van der Waals surface area contributed by atoms with Crippen LogP contribution in [0.1, 0.15) is 60.8 Å². The highest BCUT2D eigenvalue weighted by molar-refractivity contribution is 5.85. The highest BCUT2D eigenvalue weighted by atomic mass is 16.6. The highest BCUT2D eigenvalue weighted by Crippen LogP contribution is 2.07. The van der Waals surface area contributed by atoms with Crippen molar-refractivity contribution < 1.29 is 66.6 Å². The lowest BCUT2D eigenvalue weighted by Gasteiger charge is -2.19. The molecular formula is C33H62N4O14. The Morgan fingerprint density at radius 3 is 1.35 bits per heavy atom. The molecule has 4 N–H and O–H groups in total. The smallest absolute Gasteiger partial charge is 0.407 e. The summed E-state index contributed by atoms with van der Waals surface area (Å²) in [5.74, 6) is -1.33. The maximum absolute atomic E-state index is 12.3. The highest BCUT2D eigenvalue weighted by Gasteiger charge is 2.21. The molecule has 51 heavy (non-hydrogen) atoms. The summed E-state index contributed by atoms with van der Waals surface area (Å²) < 4.78 is 47.1. The molecule has 1 atom stereocenters. The number of amides is 4. The summed E-state index contributed by atoms with van der Waals surface area (Å²) in [7, 11) is 1.24. The first kappa shape index (κ1) is 47.7. The van der Waals surface area contributed by atoms with Crippen molar-refractivity contribution in [2.45, 2.75) is 78.0 Å². The fourth-order valence-electron chi connectivity index (χ4n) is 3.67. The second-order valence-corrected chi connectivity index (χ2v) is 12.9. The lowest BCUT2D eigenvalue weighted by molar-refractivity contribution is -0.146. The summed E-state index contributed by atoms with van der Waals surface area (Å²) in [5.41, 5.74) is -1.11. The number of ether oxygens (including phenoxy) is 9. The number of carbonyl (C=O) groups is 5. The predicted octanol–water partition coefficient (Wildman–Crippen LogP) is 1.08. The van der Waals surface area contributed by atoms with E-state index in [-0.39, 0.29) is 38.9 Å². The Hall–Kier alpha value is -3.29. The van der Waals surface area contributed by atoms with Gasteiger partial charge in [0, 0.05) is 19.6 Å². The van der Waals surface area contributed by atoms with E-state index in [1.165, 1.54) is 7.11 Å². The van der Waals surface area contributed by atoms with E-state index in [0.717, 1.165) is 0 Å². The van der Waals surface area contributed by atoms with Gasteiger partial charge in [-0.3, -0.25) is 9.59 Å². The van der Waals surface area contributed by atoms with Crippen LogP contribution < -0.4 is 21.3 Å². The number of nitrogens with one attached hydrogen (secondary N) is 4. The molecule has 0 radical (unpaired) electrons. The number of hydrogen-bond acceptors (Lipinski definition) is 14. The summed E-state index contributed by atoms with van der Waals surface area (Å²) in [4.78, 5) is 59.4. The zero-order valence-corrected chi connectivity index (χ0v) is 31.5. The third-order valence-electron chi connectivity index (χ3n) is 5.85. The van der Waals surface area contributed by atoms with Crippen LogP contribution in [-0.2, 0) is 57.0 Å². The third-order valence-corrected chi connectivity index (χ3v) is 5.85. The standard InChI is InChI=1S/C33H62N4O14/c1-32(2,3)50-30(41)35-12-14-44-16-18-46-20-22-48-24-27(38)34-11-9-8-10-26(29(40)43-7)37-28(39)25-49-23-21-47-19-17-45-15-13-36-31(42)51-33(4,5)6/h26H,8-25H2,1-7H3,(H,34,38)(H,35,41)(H,36,42)(H,37,39)/t26-/m0/s1. The van der Waals surface area contributed by atoms with Crippen LogP contribution in [0.2, 0.25) is 0 Å². The number of esters is 1. The minimum absolute atomic E-state index is 0.120. The van der Waals surface area contributed by atoms with E-state index in [2.05, 4.69) is 21.3 Å². The van der Waals surface area contributed by atoms with Crippen molar-refractivity contribution in [2.75, 3.05) is 106 Å². The summed E-state index contributed by atoms with van der Waals surface area (Å²) in [6, 6.07) is -0.845. The molecule has 0 rings (SSSR count). The predicted molar refractivity (Wildman–Crippen MR) is 184 cm³/mol. The molecule has 18 heteroatoms. The van der Waals surface area contributed by atoms with Gasteiger partial charge < -0.3 is 63.9 Å². The summed E-state index contributed by atoms with van der Waals surface area (Å²) in [6.07, 6.45) is 0.436. The maximum Gasteiger partial charge on any atom is 0.407 e. The average Bonchev–Trinajstić information content (AvgIpc) is 3.03. The summed E-state index contributed by atoms with van der Waals surface area (Å²) in [6.45, 7) is 14.2. The van der Waals surface area contributed by atoms with E-state index in [4.69, 9.17) is 42.6 Å². The first-order valence-electron chi connectivity index (χ1n) is 17.2. The largest absolute Gasteiger partial charge is 0.467 e. The van der Waals surface area contributed by atoms with Gasteiger partial charge in [0.15, 0.2) is 0 Å². The molecule has 0 heterocycles. The van der Waals surface area contributed by atoms with Crippen molar-refractivity contribution in [2.24, 2.45) is 0 Å². The summed E-state index contributed by atoms with van der Waals surface area (Å²) >= 11 is 0. The van der Waals surface area contributed by atoms with Crippen molar-refractivity contribution in [1.82, 2.24) is 21.3 Å². The monoisotopic (exact) mass is 738 g/mol. The Bertz CT molecular complexity index is 972. The van der Waals surface area contributed by atoms with Crippen LogP contribution in [0.15, 0.2) is 0 Å². The van der Waals surface area contributed by atoms with Gasteiger partial charge in [-0.05, 0) is 60.8 Å². The van der Waals surface area contributed by atoms with E-state index < -0.39 is 41.3 Å². The molecule has 0 aromatic carbocycles. The maximum atomic E-state index is 12.3. The Labute approximate surface area is 301 Å². The van der Waals surface area contributed by atoms with Gasteiger partial charge in [0.2, 0.25) is 11.8 Å². The van der Waals surface area contributed by atoms with Crippen LogP contribution in [0.3, 0.4) is 0 Å². The lowest BCUT2D eigenvalue weighted by Crippen LogP contribution is -2.43. The first-order valence-corrected chi connectivity index (χ1v) is 17.2. The summed E-state index contributed by atoms with van der Waals surface area (Å²) in [5, 5.41) is 10.5. The molecule has 0 aliphatic heterocycles. The molecule has 0 unspecified atom stereocenters. The van der Waals surface area contributed by atoms with Crippen LogP contribution in [-0.4, -0.2) is 153 Å². The SMILES string of the molecule is COC(=O)[C@H](CCCCNC(=O)COCCOCCOCCNC(=O)OC(C)(C)C)NC(=O)COCCOCCOCCNC(=O)OC(C)(C)C. The number of alkyl carbamates (subject to hydrolysis) is 2. The number of carbonyl (C=O) groups excluding carboxylic acids is 5. The number of unbranched alkanes of at least 4 members (excludes halogenated alkanes) is 1. The van der Waals surface area contributed by atoms with Crippen LogP contribution in [0, 0.1) is 0 Å². The lowest BCUT2D eigenvalue weighted by atomic mass is 10.1. The molecule has 0 spiro atoms. The molecule has 298 valence electrons. The van der Waals surface area contributed by atoms with Gasteiger partial charge in [-0.2, -0.15) is 0 Å². The zero-order chi connectivity index (χ0) is 38.4. The van der Waals surface area contributed by atoms with Gasteiger partial charge in [0.1, 0.15) is 30.5 Å². The molecule has 0 saturated carbocycles. The zero-order valence-electron chi connectivity index (χ0n) is 31.5. The second-order valence-electron chi connectivity index (χ2n) is 12.9. The van der Waals surface area contributed by atoms with E-state index in [9.17, 15) is 24.0 Å². The van der Waals surface area contributed by atoms with E-state index in [1.807, 2.05) is 0 Å². The van der Waals surface area contributed by atoms with Crippen LogP contribution in [0.25, 0.3) is 0 Å². The van der Waals surface area contributed by atoms with Gasteiger partial charge in [-0.1, -0.05) is 0 Å². The van der Waals surface area contributed by atoms with Gasteiger partial charge in [0.25, 0.3) is 0 Å². The van der Waals surface area contributed by atoms with Crippen LogP contribution in [0.5, 0.6) is 0 Å². The molecule has 0 bridgehead atoms. The fourth-order valence-corrected chi connectivity index (χ4v) is 3.67. The Morgan fingerprint density at radius 2 is 0.922 bits per heavy atom. The first-order chi connectivity index (χ1) is 24.1. The number of methoxy groups -OCH3 is 1. The van der Waals surface area contributed by atoms with Crippen molar-refractivity contribution in [3.63, 3.8) is 0 Å². The van der Waals surface area contributed by atoms with Crippen LogP contribution >= 0.6 is 0 Å². The van der Waals surface area contributed by atoms with Gasteiger partial charge in [-0.15, -0.1) is 0 Å². The van der Waals surface area contributed by atoms with Crippen molar-refractivity contribution in [1.29, 1.82) is 0 Å². The minimum Gasteiger partial charge on any atom is -0.467 e. The Balaban J connectivity index is 3.78. The number of rotatable bonds is 29. The molecule has 0 aliphatic rings. The minimum atomic E-state index is -0.845. The van der Waals surface area contributed by atoms with E-state index >= 15 is 0 Å². The molecule has 18 nitrogen and oxygen atoms in total. The Morgan fingerprint density at radius 1 is 0.510 bits per heavy atom. The van der Waals surface area contributed by atoms with E-state index in [0.29, 0.717) is 85.1 Å². The molecule has 4 amide bonds. The number of hydrogen-bond donors (Lipinski definition) is 4. The van der Waals surface area contributed by atoms with Gasteiger partial charge >= 0.3 is 18.2 Å². The second kappa shape index (κ2) is 29.3. The van der Waals surface area contributed by atoms with Crippen molar-refractivity contribution >= 4 is 30.0 Å². The molecule has 0 aromatic rings. The molecule has 0 fully saturated rings. The molecular weight excluding hydrogens is 676 g/mol. The quantitative estimate of drug-likeness (QED) is 0.0480. The molecule has 0 saturated heterocycles. The molecule has 0 aliphatic carbocycles. The van der Waals surface area contributed by atoms with Crippen LogP contribution in [0.4, 0.5) is 9.59 Å². The van der Waals surface area contributed by atoms with E-state index in [1.54, 1.807) is 41.5 Å². The Kier molecular flexibility index (Phi) is 27.4. The molecule has 0 aromatic heterocycles. The average molecular weight is 739 g/mol. The topological polar surface area (TPSA) is 217 Å². The van der Waals surface area contributed by atoms with Gasteiger partial charge in [-0.25, -0.2) is 14.4 Å².